The normalized spacial score (nSPS) is 23.3. The quantitative estimate of drug-likeness (QED) is 0.474. The first-order valence-electron chi connectivity index (χ1n) is 10.4. The maximum atomic E-state index is 6.16. The van der Waals surface area contributed by atoms with Crippen molar-refractivity contribution in [1.29, 1.82) is 0 Å². The van der Waals surface area contributed by atoms with Crippen molar-refractivity contribution in [1.82, 2.24) is 5.32 Å². The van der Waals surface area contributed by atoms with Crippen LogP contribution < -0.4 is 5.32 Å². The van der Waals surface area contributed by atoms with Gasteiger partial charge in [0.05, 0.1) is 32.1 Å². The van der Waals surface area contributed by atoms with Gasteiger partial charge in [-0.05, 0) is 26.8 Å². The Bertz CT molecular complexity index is 741. The number of hydrogen-bond donors (Lipinski definition) is 1. The van der Waals surface area contributed by atoms with E-state index in [1.807, 2.05) is 45.2 Å². The molecule has 0 atom stereocenters. The number of rotatable bonds is 7. The van der Waals surface area contributed by atoms with Crippen molar-refractivity contribution in [3.8, 4) is 0 Å². The zero-order valence-corrected chi connectivity index (χ0v) is 19.7. The molecule has 7 heteroatoms. The minimum Gasteiger partial charge on any atom is -0.497 e. The van der Waals surface area contributed by atoms with Gasteiger partial charge in [-0.2, -0.15) is 0 Å². The number of thioether (sulfide) groups is 1. The van der Waals surface area contributed by atoms with Crippen molar-refractivity contribution in [3.63, 3.8) is 0 Å². The van der Waals surface area contributed by atoms with Crippen molar-refractivity contribution < 1.29 is 14.2 Å². The van der Waals surface area contributed by atoms with E-state index in [2.05, 4.69) is 35.7 Å². The van der Waals surface area contributed by atoms with Gasteiger partial charge in [0, 0.05) is 36.4 Å². The number of hydrogen-bond acceptors (Lipinski definition) is 7. The van der Waals surface area contributed by atoms with Gasteiger partial charge in [0.25, 0.3) is 0 Å². The monoisotopic (exact) mass is 433 g/mol. The van der Waals surface area contributed by atoms with Gasteiger partial charge in [0.1, 0.15) is 5.76 Å². The van der Waals surface area contributed by atoms with Gasteiger partial charge in [0.2, 0.25) is 0 Å². The molecule has 2 heterocycles. The Balaban J connectivity index is 1.95. The number of nitrogens with one attached hydrogen (secondary N) is 1. The molecule has 0 amide bonds. The summed E-state index contributed by atoms with van der Waals surface area (Å²) in [4.78, 5) is 9.09. The van der Waals surface area contributed by atoms with Gasteiger partial charge < -0.3 is 19.5 Å². The van der Waals surface area contributed by atoms with Crippen LogP contribution in [0.3, 0.4) is 0 Å². The second-order valence-electron chi connectivity index (χ2n) is 7.64. The summed E-state index contributed by atoms with van der Waals surface area (Å²) in [5.74, 6) is 1.39. The number of allylic oxidation sites excluding steroid dienone is 5. The third kappa shape index (κ3) is 8.13. The first-order valence-corrected chi connectivity index (χ1v) is 11.4. The molecule has 0 aromatic heterocycles. The lowest BCUT2D eigenvalue weighted by atomic mass is 10.1. The van der Waals surface area contributed by atoms with Crippen molar-refractivity contribution in [3.05, 3.63) is 47.9 Å². The molecule has 0 saturated carbocycles. The van der Waals surface area contributed by atoms with E-state index in [9.17, 15) is 0 Å². The summed E-state index contributed by atoms with van der Waals surface area (Å²) in [5.41, 5.74) is 2.88. The fourth-order valence-corrected chi connectivity index (χ4v) is 3.89. The average molecular weight is 434 g/mol. The predicted octanol–water partition coefficient (Wildman–Crippen LogP) is 4.48. The van der Waals surface area contributed by atoms with Crippen LogP contribution in [0.5, 0.6) is 0 Å². The lowest BCUT2D eigenvalue weighted by molar-refractivity contribution is -0.265. The van der Waals surface area contributed by atoms with E-state index < -0.39 is 5.79 Å². The van der Waals surface area contributed by atoms with E-state index >= 15 is 0 Å². The summed E-state index contributed by atoms with van der Waals surface area (Å²) in [6.45, 7) is 14.5. The third-order valence-electron chi connectivity index (χ3n) is 4.77. The van der Waals surface area contributed by atoms with Gasteiger partial charge >= 0.3 is 0 Å². The van der Waals surface area contributed by atoms with Crippen LogP contribution in [0, 0.1) is 5.92 Å². The topological polar surface area (TPSA) is 64.4 Å². The maximum Gasteiger partial charge on any atom is 0.162 e. The smallest absolute Gasteiger partial charge is 0.162 e. The fourth-order valence-electron chi connectivity index (χ4n) is 2.90. The molecule has 2 rings (SSSR count). The molecule has 6 nitrogen and oxygen atoms in total. The molecule has 0 radical (unpaired) electrons. The highest BCUT2D eigenvalue weighted by Gasteiger charge is 2.28. The molecule has 30 heavy (non-hydrogen) atoms. The largest absolute Gasteiger partial charge is 0.497 e. The van der Waals surface area contributed by atoms with Crippen LogP contribution in [-0.2, 0) is 14.2 Å². The highest BCUT2D eigenvalue weighted by Crippen LogP contribution is 2.22. The molecule has 1 fully saturated rings. The summed E-state index contributed by atoms with van der Waals surface area (Å²) >= 11 is 1.62. The average Bonchev–Trinajstić information content (AvgIpc) is 2.81. The predicted molar refractivity (Wildman–Crippen MR) is 127 cm³/mol. The Labute approximate surface area is 185 Å². The highest BCUT2D eigenvalue weighted by atomic mass is 32.2. The minimum absolute atomic E-state index is 0.230. The molecule has 0 aliphatic carbocycles. The lowest BCUT2D eigenvalue weighted by Gasteiger charge is -2.35. The number of amidine groups is 1. The number of aliphatic imine (C=N–C) groups is 2. The molecule has 2 aliphatic heterocycles. The Morgan fingerprint density at radius 3 is 2.77 bits per heavy atom. The van der Waals surface area contributed by atoms with Crippen LogP contribution in [0.15, 0.2) is 57.9 Å². The molecule has 0 bridgehead atoms. The second-order valence-corrected chi connectivity index (χ2v) is 8.61. The van der Waals surface area contributed by atoms with Crippen LogP contribution in [0.2, 0.25) is 0 Å². The van der Waals surface area contributed by atoms with Gasteiger partial charge in [-0.3, -0.25) is 9.98 Å². The summed E-state index contributed by atoms with van der Waals surface area (Å²) in [5, 5.41) is 4.09. The van der Waals surface area contributed by atoms with Gasteiger partial charge in [-0.1, -0.05) is 43.5 Å². The zero-order valence-electron chi connectivity index (χ0n) is 18.9. The first-order chi connectivity index (χ1) is 14.3. The minimum atomic E-state index is -0.501. The molecular formula is C23H35N3O3S. The first kappa shape index (κ1) is 24.4. The van der Waals surface area contributed by atoms with E-state index in [4.69, 9.17) is 14.2 Å². The molecule has 2 aliphatic rings. The molecule has 1 saturated heterocycles. The van der Waals surface area contributed by atoms with E-state index in [0.29, 0.717) is 32.1 Å². The van der Waals surface area contributed by atoms with Crippen molar-refractivity contribution in [2.24, 2.45) is 15.9 Å². The molecular weight excluding hydrogens is 398 g/mol. The van der Waals surface area contributed by atoms with Crippen LogP contribution in [0.4, 0.5) is 0 Å². The van der Waals surface area contributed by atoms with Crippen molar-refractivity contribution in [2.45, 2.75) is 39.9 Å². The Morgan fingerprint density at radius 2 is 2.10 bits per heavy atom. The molecule has 0 spiro atoms. The van der Waals surface area contributed by atoms with Crippen LogP contribution >= 0.6 is 11.8 Å². The zero-order chi connectivity index (χ0) is 22.0. The SMILES string of the molecule is C=C1/C=C\C=C/CN=C(SCC(=NC)/C(C)=C(\CC)OCC2COC(C)(C)OC2)N1. The van der Waals surface area contributed by atoms with E-state index in [-0.39, 0.29) is 5.92 Å². The fraction of sp³-hybridized carbons (Fsp3) is 0.565. The van der Waals surface area contributed by atoms with E-state index in [0.717, 1.165) is 34.3 Å². The molecule has 1 N–H and O–H groups in total. The number of nitrogens with zero attached hydrogens (tertiary/aromatic N) is 2. The Morgan fingerprint density at radius 1 is 1.37 bits per heavy atom. The Kier molecular flexibility index (Phi) is 9.88. The molecule has 0 unspecified atom stereocenters. The van der Waals surface area contributed by atoms with Crippen molar-refractivity contribution >= 4 is 22.6 Å². The van der Waals surface area contributed by atoms with Gasteiger partial charge in [0.15, 0.2) is 11.0 Å². The van der Waals surface area contributed by atoms with Gasteiger partial charge in [-0.15, -0.1) is 0 Å². The van der Waals surface area contributed by atoms with Crippen LogP contribution in [0.25, 0.3) is 0 Å². The van der Waals surface area contributed by atoms with Crippen molar-refractivity contribution in [2.75, 3.05) is 39.2 Å². The lowest BCUT2D eigenvalue weighted by Crippen LogP contribution is -2.40. The summed E-state index contributed by atoms with van der Waals surface area (Å²) in [6.07, 6.45) is 8.68. The maximum absolute atomic E-state index is 6.16. The van der Waals surface area contributed by atoms with E-state index in [1.54, 1.807) is 11.8 Å². The Hall–Kier alpha value is -1.83. The second kappa shape index (κ2) is 12.1. The van der Waals surface area contributed by atoms with Gasteiger partial charge in [-0.25, -0.2) is 0 Å². The summed E-state index contributed by atoms with van der Waals surface area (Å²) in [6, 6.07) is 0. The van der Waals surface area contributed by atoms with Crippen LogP contribution in [0.1, 0.15) is 34.1 Å². The van der Waals surface area contributed by atoms with E-state index in [1.165, 1.54) is 0 Å². The number of ether oxygens (including phenoxy) is 3. The third-order valence-corrected chi connectivity index (χ3v) is 5.69. The molecule has 166 valence electrons. The van der Waals surface area contributed by atoms with Crippen LogP contribution in [-0.4, -0.2) is 55.8 Å². The summed E-state index contributed by atoms with van der Waals surface area (Å²) < 4.78 is 17.6. The molecule has 0 aromatic carbocycles. The highest BCUT2D eigenvalue weighted by molar-refractivity contribution is 8.14. The standard InChI is InChI=1S/C23H35N3O3S/c1-7-21(27-13-19-14-28-23(4,5)29-15-19)18(3)20(24-6)16-30-22-25-12-10-8-9-11-17(2)26-22/h8-11,19H,2,7,12-16H2,1,3-6H3,(H,25,26)/b10-8-,11-9-,21-18+,24-20?. The molecule has 0 aromatic rings. The summed E-state index contributed by atoms with van der Waals surface area (Å²) in [7, 11) is 1.82.